The highest BCUT2D eigenvalue weighted by atomic mass is 16.5. The topological polar surface area (TPSA) is 73.9 Å². The van der Waals surface area contributed by atoms with Crippen LogP contribution in [0.15, 0.2) is 30.6 Å². The summed E-state index contributed by atoms with van der Waals surface area (Å²) in [5, 5.41) is 0. The molecule has 0 aromatic carbocycles. The van der Waals surface area contributed by atoms with Gasteiger partial charge in [0.1, 0.15) is 17.4 Å². The third-order valence-electron chi connectivity index (χ3n) is 1.94. The molecule has 0 aliphatic rings. The van der Waals surface area contributed by atoms with Gasteiger partial charge in [-0.2, -0.15) is 4.98 Å². The van der Waals surface area contributed by atoms with E-state index in [1.54, 1.807) is 30.6 Å². The largest absolute Gasteiger partial charge is 0.437 e. The van der Waals surface area contributed by atoms with Crippen molar-refractivity contribution in [3.8, 4) is 11.6 Å². The van der Waals surface area contributed by atoms with E-state index < -0.39 is 0 Å². The lowest BCUT2D eigenvalue weighted by molar-refractivity contribution is 0.457. The number of aryl methyl sites for hydroxylation is 1. The number of hydrogen-bond donors (Lipinski definition) is 1. The molecule has 2 N–H and O–H groups in total. The third-order valence-corrected chi connectivity index (χ3v) is 1.94. The number of hydrogen-bond acceptors (Lipinski definition) is 5. The Kier molecular flexibility index (Phi) is 2.95. The molecule has 5 nitrogen and oxygen atoms in total. The fourth-order valence-electron chi connectivity index (χ4n) is 1.23. The molecule has 5 heteroatoms. The van der Waals surface area contributed by atoms with Crippen molar-refractivity contribution < 1.29 is 4.74 Å². The zero-order chi connectivity index (χ0) is 11.4. The number of nitrogens with zero attached hydrogens (tertiary/aromatic N) is 3. The SMILES string of the molecule is CCc1nc(N)cc(Oc2cccnc2)n1. The Morgan fingerprint density at radius 1 is 1.38 bits per heavy atom. The monoisotopic (exact) mass is 216 g/mol. The number of rotatable bonds is 3. The first kappa shape index (κ1) is 10.4. The molecule has 0 bridgehead atoms. The Bertz CT molecular complexity index is 473. The molecule has 0 fully saturated rings. The summed E-state index contributed by atoms with van der Waals surface area (Å²) in [6, 6.07) is 5.18. The van der Waals surface area contributed by atoms with Gasteiger partial charge in [-0.15, -0.1) is 0 Å². The Morgan fingerprint density at radius 2 is 2.25 bits per heavy atom. The zero-order valence-corrected chi connectivity index (χ0v) is 8.92. The summed E-state index contributed by atoms with van der Waals surface area (Å²) in [5.41, 5.74) is 5.64. The summed E-state index contributed by atoms with van der Waals surface area (Å²) >= 11 is 0. The summed E-state index contributed by atoms with van der Waals surface area (Å²) in [4.78, 5) is 12.2. The number of anilines is 1. The van der Waals surface area contributed by atoms with E-state index in [2.05, 4.69) is 15.0 Å². The average molecular weight is 216 g/mol. The molecule has 82 valence electrons. The van der Waals surface area contributed by atoms with Gasteiger partial charge in [0.05, 0.1) is 6.20 Å². The zero-order valence-electron chi connectivity index (χ0n) is 8.92. The van der Waals surface area contributed by atoms with Gasteiger partial charge >= 0.3 is 0 Å². The van der Waals surface area contributed by atoms with Crippen LogP contribution in [0.1, 0.15) is 12.7 Å². The van der Waals surface area contributed by atoms with Crippen LogP contribution < -0.4 is 10.5 Å². The number of nitrogen functional groups attached to an aromatic ring is 1. The van der Waals surface area contributed by atoms with Gasteiger partial charge in [-0.3, -0.25) is 4.98 Å². The van der Waals surface area contributed by atoms with E-state index in [9.17, 15) is 0 Å². The molecule has 0 unspecified atom stereocenters. The van der Waals surface area contributed by atoms with Crippen molar-refractivity contribution in [2.45, 2.75) is 13.3 Å². The van der Waals surface area contributed by atoms with Crippen LogP contribution >= 0.6 is 0 Å². The molecular formula is C11H12N4O. The second kappa shape index (κ2) is 4.57. The smallest absolute Gasteiger partial charge is 0.224 e. The van der Waals surface area contributed by atoms with Gasteiger partial charge in [0.25, 0.3) is 0 Å². The van der Waals surface area contributed by atoms with Gasteiger partial charge in [-0.05, 0) is 12.1 Å². The molecule has 2 rings (SSSR count). The number of aromatic nitrogens is 3. The Hall–Kier alpha value is -2.17. The maximum Gasteiger partial charge on any atom is 0.224 e. The molecule has 2 aromatic heterocycles. The molecule has 0 amide bonds. The average Bonchev–Trinajstić information content (AvgIpc) is 2.29. The van der Waals surface area contributed by atoms with E-state index in [4.69, 9.17) is 10.5 Å². The first-order chi connectivity index (χ1) is 7.78. The lowest BCUT2D eigenvalue weighted by Gasteiger charge is -2.05. The molecule has 2 heterocycles. The maximum absolute atomic E-state index is 5.64. The van der Waals surface area contributed by atoms with Crippen molar-refractivity contribution in [1.82, 2.24) is 15.0 Å². The number of nitrogens with two attached hydrogens (primary N) is 1. The van der Waals surface area contributed by atoms with Crippen LogP contribution in [-0.4, -0.2) is 15.0 Å². The summed E-state index contributed by atoms with van der Waals surface area (Å²) in [5.74, 6) is 2.14. The first-order valence-corrected chi connectivity index (χ1v) is 4.99. The molecule has 0 aliphatic carbocycles. The van der Waals surface area contributed by atoms with Gasteiger partial charge in [-0.25, -0.2) is 4.98 Å². The third kappa shape index (κ3) is 2.44. The molecule has 0 spiro atoms. The summed E-state index contributed by atoms with van der Waals surface area (Å²) < 4.78 is 5.51. The first-order valence-electron chi connectivity index (χ1n) is 4.99. The highest BCUT2D eigenvalue weighted by molar-refractivity contribution is 5.35. The summed E-state index contributed by atoms with van der Waals surface area (Å²) in [6.07, 6.45) is 4.01. The molecular weight excluding hydrogens is 204 g/mol. The highest BCUT2D eigenvalue weighted by Crippen LogP contribution is 2.19. The van der Waals surface area contributed by atoms with Crippen LogP contribution in [0.5, 0.6) is 11.6 Å². The lowest BCUT2D eigenvalue weighted by atomic mass is 10.4. The number of ether oxygens (including phenoxy) is 1. The highest BCUT2D eigenvalue weighted by Gasteiger charge is 2.03. The normalized spacial score (nSPS) is 10.1. The van der Waals surface area contributed by atoms with Crippen LogP contribution in [-0.2, 0) is 6.42 Å². The molecule has 0 radical (unpaired) electrons. The van der Waals surface area contributed by atoms with Crippen molar-refractivity contribution in [2.24, 2.45) is 0 Å². The fourth-order valence-corrected chi connectivity index (χ4v) is 1.23. The van der Waals surface area contributed by atoms with Crippen molar-refractivity contribution in [1.29, 1.82) is 0 Å². The van der Waals surface area contributed by atoms with E-state index in [-0.39, 0.29) is 0 Å². The van der Waals surface area contributed by atoms with E-state index in [1.807, 2.05) is 6.92 Å². The lowest BCUT2D eigenvalue weighted by Crippen LogP contribution is -2.00. The molecule has 16 heavy (non-hydrogen) atoms. The second-order valence-corrected chi connectivity index (χ2v) is 3.19. The minimum absolute atomic E-state index is 0.408. The van der Waals surface area contributed by atoms with E-state index in [0.29, 0.717) is 29.7 Å². The van der Waals surface area contributed by atoms with Crippen molar-refractivity contribution in [3.05, 3.63) is 36.4 Å². The molecule has 0 saturated heterocycles. The minimum Gasteiger partial charge on any atom is -0.437 e. The van der Waals surface area contributed by atoms with Crippen molar-refractivity contribution in [2.75, 3.05) is 5.73 Å². The van der Waals surface area contributed by atoms with Gasteiger partial charge in [0.2, 0.25) is 5.88 Å². The Balaban J connectivity index is 2.24. The van der Waals surface area contributed by atoms with Gasteiger partial charge in [0, 0.05) is 18.7 Å². The minimum atomic E-state index is 0.408. The molecule has 0 saturated carbocycles. The van der Waals surface area contributed by atoms with Gasteiger partial charge < -0.3 is 10.5 Å². The van der Waals surface area contributed by atoms with Gasteiger partial charge in [-0.1, -0.05) is 6.92 Å². The van der Waals surface area contributed by atoms with E-state index >= 15 is 0 Å². The molecule has 0 aliphatic heterocycles. The maximum atomic E-state index is 5.64. The molecule has 0 atom stereocenters. The van der Waals surface area contributed by atoms with Crippen LogP contribution in [0.4, 0.5) is 5.82 Å². The van der Waals surface area contributed by atoms with E-state index in [1.165, 1.54) is 0 Å². The van der Waals surface area contributed by atoms with Gasteiger partial charge in [0.15, 0.2) is 0 Å². The second-order valence-electron chi connectivity index (χ2n) is 3.19. The molecule has 2 aromatic rings. The fraction of sp³-hybridized carbons (Fsp3) is 0.182. The number of pyridine rings is 1. The summed E-state index contributed by atoms with van der Waals surface area (Å²) in [6.45, 7) is 1.96. The van der Waals surface area contributed by atoms with Crippen LogP contribution in [0.2, 0.25) is 0 Å². The van der Waals surface area contributed by atoms with Crippen LogP contribution in [0.25, 0.3) is 0 Å². The van der Waals surface area contributed by atoms with Crippen molar-refractivity contribution >= 4 is 5.82 Å². The van der Waals surface area contributed by atoms with Crippen molar-refractivity contribution in [3.63, 3.8) is 0 Å². The van der Waals surface area contributed by atoms with Crippen LogP contribution in [0.3, 0.4) is 0 Å². The summed E-state index contributed by atoms with van der Waals surface area (Å²) in [7, 11) is 0. The predicted molar refractivity (Wildman–Crippen MR) is 60.1 cm³/mol. The van der Waals surface area contributed by atoms with Crippen LogP contribution in [0, 0.1) is 0 Å². The quantitative estimate of drug-likeness (QED) is 0.846. The Morgan fingerprint density at radius 3 is 2.94 bits per heavy atom. The standard InChI is InChI=1S/C11H12N4O/c1-2-10-14-9(12)6-11(15-10)16-8-4-3-5-13-7-8/h3-7H,2H2,1H3,(H2,12,14,15). The predicted octanol–water partition coefficient (Wildman–Crippen LogP) is 1.81. The Labute approximate surface area is 93.3 Å². The van der Waals surface area contributed by atoms with E-state index in [0.717, 1.165) is 0 Å².